The molecule has 1 fully saturated rings. The monoisotopic (exact) mass is 212 g/mol. The Labute approximate surface area is 85.8 Å². The molecule has 2 heteroatoms. The van der Waals surface area contributed by atoms with E-state index in [0.29, 0.717) is 5.66 Å². The van der Waals surface area contributed by atoms with E-state index in [9.17, 15) is 0 Å². The van der Waals surface area contributed by atoms with Gasteiger partial charge in [-0.1, -0.05) is 48.5 Å². The Hall–Kier alpha value is -0.0600. The van der Waals surface area contributed by atoms with E-state index in [1.54, 1.807) is 0 Å². The molecule has 0 spiro atoms. The van der Waals surface area contributed by atoms with Crippen LogP contribution >= 0.6 is 18.5 Å². The molecule has 1 aromatic rings. The average Bonchev–Trinajstić information content (AvgIpc) is 2.49. The second-order valence-corrected chi connectivity index (χ2v) is 7.06. The van der Waals surface area contributed by atoms with Gasteiger partial charge in [0.1, 0.15) is 0 Å². The summed E-state index contributed by atoms with van der Waals surface area (Å²) < 4.78 is 0. The van der Waals surface area contributed by atoms with E-state index in [0.717, 1.165) is 5.66 Å². The molecule has 0 aliphatic carbocycles. The van der Waals surface area contributed by atoms with Crippen LogP contribution in [0, 0.1) is 0 Å². The molecule has 1 aliphatic rings. The normalized spacial score (nSPS) is 33.5. The van der Waals surface area contributed by atoms with Crippen LogP contribution in [-0.2, 0) is 0 Å². The van der Waals surface area contributed by atoms with Gasteiger partial charge >= 0.3 is 0 Å². The first-order valence-electron chi connectivity index (χ1n) is 4.78. The Morgan fingerprint density at radius 3 is 2.46 bits per heavy atom. The van der Waals surface area contributed by atoms with Gasteiger partial charge in [0.25, 0.3) is 0 Å². The molecule has 1 heterocycles. The standard InChI is InChI=1S/C11H14ClP/c1-9-7-8-11(13(9)12)10-5-3-2-4-6-10/h2-6,9,11H,7-8H2,1H3/t9-,11+,13?/m0/s1. The first kappa shape index (κ1) is 9.49. The molecule has 0 aromatic heterocycles. The second-order valence-electron chi connectivity index (χ2n) is 3.70. The summed E-state index contributed by atoms with van der Waals surface area (Å²) in [6.45, 7) is 2.28. The molecular weight excluding hydrogens is 199 g/mol. The minimum atomic E-state index is -0.294. The molecule has 13 heavy (non-hydrogen) atoms. The van der Waals surface area contributed by atoms with Crippen LogP contribution in [0.5, 0.6) is 0 Å². The summed E-state index contributed by atoms with van der Waals surface area (Å²) in [6, 6.07) is 10.7. The summed E-state index contributed by atoms with van der Waals surface area (Å²) in [5.41, 5.74) is 2.82. The molecule has 2 rings (SSSR count). The maximum atomic E-state index is 6.43. The largest absolute Gasteiger partial charge is 0.0955 e. The summed E-state index contributed by atoms with van der Waals surface area (Å²) >= 11 is 6.43. The van der Waals surface area contributed by atoms with Crippen molar-refractivity contribution in [3.05, 3.63) is 35.9 Å². The van der Waals surface area contributed by atoms with Crippen LogP contribution in [0.25, 0.3) is 0 Å². The minimum Gasteiger partial charge on any atom is -0.0955 e. The van der Waals surface area contributed by atoms with Crippen LogP contribution in [0.1, 0.15) is 31.0 Å². The third-order valence-electron chi connectivity index (χ3n) is 2.76. The van der Waals surface area contributed by atoms with Gasteiger partial charge in [-0.2, -0.15) is 0 Å². The van der Waals surface area contributed by atoms with Gasteiger partial charge in [0.05, 0.1) is 0 Å². The predicted molar refractivity (Wildman–Crippen MR) is 60.7 cm³/mol. The molecule has 70 valence electrons. The molecule has 0 nitrogen and oxygen atoms in total. The Morgan fingerprint density at radius 2 is 1.92 bits per heavy atom. The van der Waals surface area contributed by atoms with Gasteiger partial charge in [-0.15, -0.1) is 0 Å². The average molecular weight is 213 g/mol. The van der Waals surface area contributed by atoms with Crippen molar-refractivity contribution < 1.29 is 0 Å². The third kappa shape index (κ3) is 1.90. The molecule has 0 N–H and O–H groups in total. The van der Waals surface area contributed by atoms with Crippen LogP contribution < -0.4 is 0 Å². The lowest BCUT2D eigenvalue weighted by atomic mass is 10.1. The van der Waals surface area contributed by atoms with Gasteiger partial charge in [0.2, 0.25) is 0 Å². The predicted octanol–water partition coefficient (Wildman–Crippen LogP) is 4.55. The number of halogens is 1. The van der Waals surface area contributed by atoms with E-state index in [4.69, 9.17) is 11.2 Å². The molecule has 3 atom stereocenters. The summed E-state index contributed by atoms with van der Waals surface area (Å²) in [6.07, 6.45) is 2.58. The van der Waals surface area contributed by atoms with Gasteiger partial charge in [0, 0.05) is 12.9 Å². The Balaban J connectivity index is 2.19. The van der Waals surface area contributed by atoms with Crippen LogP contribution in [0.3, 0.4) is 0 Å². The zero-order valence-corrected chi connectivity index (χ0v) is 9.43. The second kappa shape index (κ2) is 3.98. The van der Waals surface area contributed by atoms with Crippen molar-refractivity contribution in [2.24, 2.45) is 0 Å². The molecule has 0 bridgehead atoms. The maximum Gasteiger partial charge on any atom is 0.0183 e. The number of rotatable bonds is 1. The summed E-state index contributed by atoms with van der Waals surface area (Å²) in [5, 5.41) is 0. The molecule has 1 aromatic carbocycles. The molecule has 0 saturated carbocycles. The van der Waals surface area contributed by atoms with Gasteiger partial charge in [-0.25, -0.2) is 0 Å². The zero-order chi connectivity index (χ0) is 9.26. The first-order chi connectivity index (χ1) is 6.29. The SMILES string of the molecule is C[C@H]1CC[C@H](c2ccccc2)P1Cl. The van der Waals surface area contributed by atoms with E-state index in [2.05, 4.69) is 37.3 Å². The molecule has 1 saturated heterocycles. The maximum absolute atomic E-state index is 6.43. The van der Waals surface area contributed by atoms with Crippen molar-refractivity contribution in [1.82, 2.24) is 0 Å². The van der Waals surface area contributed by atoms with E-state index in [1.807, 2.05) is 0 Å². The van der Waals surface area contributed by atoms with Crippen LogP contribution in [0.15, 0.2) is 30.3 Å². The zero-order valence-electron chi connectivity index (χ0n) is 7.78. The van der Waals surface area contributed by atoms with E-state index >= 15 is 0 Å². The van der Waals surface area contributed by atoms with Crippen molar-refractivity contribution in [2.75, 3.05) is 0 Å². The molecular formula is C11H14ClP. The van der Waals surface area contributed by atoms with E-state index in [-0.39, 0.29) is 7.27 Å². The van der Waals surface area contributed by atoms with E-state index in [1.165, 1.54) is 18.4 Å². The summed E-state index contributed by atoms with van der Waals surface area (Å²) in [5.74, 6) is 0. The Kier molecular flexibility index (Phi) is 2.91. The Morgan fingerprint density at radius 1 is 1.23 bits per heavy atom. The first-order valence-corrected chi connectivity index (χ1v) is 7.16. The number of benzene rings is 1. The lowest BCUT2D eigenvalue weighted by molar-refractivity contribution is 0.771. The highest BCUT2D eigenvalue weighted by Crippen LogP contribution is 2.66. The Bertz CT molecular complexity index is 273. The van der Waals surface area contributed by atoms with Crippen molar-refractivity contribution in [2.45, 2.75) is 31.1 Å². The molecule has 1 unspecified atom stereocenters. The molecule has 1 aliphatic heterocycles. The number of hydrogen-bond donors (Lipinski definition) is 0. The van der Waals surface area contributed by atoms with Gasteiger partial charge in [-0.3, -0.25) is 0 Å². The lowest BCUT2D eigenvalue weighted by Crippen LogP contribution is -1.89. The van der Waals surface area contributed by atoms with Crippen molar-refractivity contribution in [3.63, 3.8) is 0 Å². The van der Waals surface area contributed by atoms with Crippen molar-refractivity contribution >= 4 is 18.5 Å². The van der Waals surface area contributed by atoms with Gasteiger partial charge in [0.15, 0.2) is 0 Å². The quantitative estimate of drug-likeness (QED) is 0.600. The van der Waals surface area contributed by atoms with Crippen LogP contribution in [0.2, 0.25) is 0 Å². The van der Waals surface area contributed by atoms with E-state index < -0.39 is 0 Å². The molecule has 0 radical (unpaired) electrons. The highest BCUT2D eigenvalue weighted by Gasteiger charge is 2.32. The smallest absolute Gasteiger partial charge is 0.0183 e. The summed E-state index contributed by atoms with van der Waals surface area (Å²) in [4.78, 5) is 0. The van der Waals surface area contributed by atoms with Crippen molar-refractivity contribution in [1.29, 1.82) is 0 Å². The number of hydrogen-bond acceptors (Lipinski definition) is 0. The van der Waals surface area contributed by atoms with Crippen LogP contribution in [0.4, 0.5) is 0 Å². The third-order valence-corrected chi connectivity index (χ3v) is 6.72. The highest BCUT2D eigenvalue weighted by molar-refractivity contribution is 7.85. The fourth-order valence-corrected chi connectivity index (χ4v) is 4.72. The fourth-order valence-electron chi connectivity index (χ4n) is 1.94. The summed E-state index contributed by atoms with van der Waals surface area (Å²) in [7, 11) is -0.294. The fraction of sp³-hybridized carbons (Fsp3) is 0.455. The van der Waals surface area contributed by atoms with Gasteiger partial charge < -0.3 is 0 Å². The van der Waals surface area contributed by atoms with Gasteiger partial charge in [-0.05, 0) is 24.1 Å². The van der Waals surface area contributed by atoms with Crippen molar-refractivity contribution in [3.8, 4) is 0 Å². The lowest BCUT2D eigenvalue weighted by Gasteiger charge is -2.16. The van der Waals surface area contributed by atoms with Crippen LogP contribution in [-0.4, -0.2) is 5.66 Å². The highest BCUT2D eigenvalue weighted by atomic mass is 35.7. The minimum absolute atomic E-state index is 0.294. The molecule has 0 amide bonds. The topological polar surface area (TPSA) is 0 Å².